The maximum Gasteiger partial charge on any atom is 0.324 e. The number of hydrogen-bond donors (Lipinski definition) is 2. The molecule has 1 aliphatic heterocycles. The highest BCUT2D eigenvalue weighted by Gasteiger charge is 2.48. The maximum atomic E-state index is 13.3. The van der Waals surface area contributed by atoms with Crippen LogP contribution in [0.2, 0.25) is 0 Å². The maximum absolute atomic E-state index is 13.3. The Labute approximate surface area is 197 Å². The molecule has 0 unspecified atom stereocenters. The minimum absolute atomic E-state index is 0.207. The molecular weight excluding hydrogens is 436 g/mol. The monoisotopic (exact) mass is 464 g/mol. The van der Waals surface area contributed by atoms with Crippen LogP contribution in [-0.4, -0.2) is 43.9 Å². The van der Waals surface area contributed by atoms with Crippen LogP contribution < -0.4 is 11.1 Å². The quantitative estimate of drug-likeness (QED) is 0.569. The third-order valence-corrected chi connectivity index (χ3v) is 7.06. The lowest BCUT2D eigenvalue weighted by molar-refractivity contribution is -0.127. The molecule has 3 N–H and O–H groups in total. The summed E-state index contributed by atoms with van der Waals surface area (Å²) < 4.78 is 0. The predicted octanol–water partition coefficient (Wildman–Crippen LogP) is 4.13. The lowest BCUT2D eigenvalue weighted by Crippen LogP contribution is -2.58. The smallest absolute Gasteiger partial charge is 0.324 e. The van der Waals surface area contributed by atoms with Crippen LogP contribution in [0, 0.1) is 6.92 Å². The van der Waals surface area contributed by atoms with E-state index in [1.807, 2.05) is 57.2 Å². The first-order chi connectivity index (χ1) is 15.8. The molecule has 1 atom stereocenters. The van der Waals surface area contributed by atoms with E-state index in [1.54, 1.807) is 11.1 Å². The number of nitrogens with zero attached hydrogens (tertiary/aromatic N) is 4. The Kier molecular flexibility index (Phi) is 6.42. The average molecular weight is 465 g/mol. The summed E-state index contributed by atoms with van der Waals surface area (Å²) in [5, 5.41) is 3.35. The molecule has 0 saturated carbocycles. The molecule has 33 heavy (non-hydrogen) atoms. The number of carbonyl (C=O) groups excluding carboxylic acids is 2. The normalized spacial score (nSPS) is 18.0. The van der Waals surface area contributed by atoms with Gasteiger partial charge in [0.05, 0.1) is 16.3 Å². The molecule has 172 valence electrons. The van der Waals surface area contributed by atoms with Crippen molar-refractivity contribution in [1.29, 1.82) is 0 Å². The van der Waals surface area contributed by atoms with Gasteiger partial charge in [0.25, 0.3) is 0 Å². The summed E-state index contributed by atoms with van der Waals surface area (Å²) in [5.74, 6) is 0.478. The van der Waals surface area contributed by atoms with E-state index in [9.17, 15) is 9.59 Å². The topological polar surface area (TPSA) is 114 Å². The summed E-state index contributed by atoms with van der Waals surface area (Å²) in [4.78, 5) is 41.8. The number of thiazole rings is 1. The second-order valence-electron chi connectivity index (χ2n) is 8.63. The van der Waals surface area contributed by atoms with Gasteiger partial charge in [0.2, 0.25) is 5.91 Å². The summed E-state index contributed by atoms with van der Waals surface area (Å²) in [6.07, 6.45) is 3.37. The third kappa shape index (κ3) is 4.59. The van der Waals surface area contributed by atoms with Crippen LogP contribution >= 0.6 is 11.3 Å². The van der Waals surface area contributed by atoms with Crippen LogP contribution in [-0.2, 0) is 11.2 Å². The fourth-order valence-electron chi connectivity index (χ4n) is 4.26. The zero-order valence-corrected chi connectivity index (χ0v) is 19.9. The van der Waals surface area contributed by atoms with E-state index in [4.69, 9.17) is 5.73 Å². The number of nitrogens with two attached hydrogens (primary N) is 1. The van der Waals surface area contributed by atoms with Crippen LogP contribution in [0.5, 0.6) is 0 Å². The number of primary amides is 1. The number of anilines is 1. The number of amides is 3. The fraction of sp³-hybridized carbons (Fsp3) is 0.375. The van der Waals surface area contributed by atoms with E-state index < -0.39 is 11.4 Å². The molecule has 1 fully saturated rings. The number of rotatable bonds is 6. The van der Waals surface area contributed by atoms with Gasteiger partial charge >= 0.3 is 6.03 Å². The molecule has 2 aromatic heterocycles. The number of benzene rings is 1. The molecule has 0 bridgehead atoms. The second kappa shape index (κ2) is 9.27. The Hall–Kier alpha value is -3.33. The van der Waals surface area contributed by atoms with Crippen molar-refractivity contribution in [3.63, 3.8) is 0 Å². The number of nitrogens with one attached hydrogen (secondary N) is 1. The summed E-state index contributed by atoms with van der Waals surface area (Å²) in [6, 6.07) is 11.1. The Morgan fingerprint density at radius 1 is 1.21 bits per heavy atom. The van der Waals surface area contributed by atoms with Crippen LogP contribution in [0.3, 0.4) is 0 Å². The van der Waals surface area contributed by atoms with Gasteiger partial charge in [-0.3, -0.25) is 10.1 Å². The highest BCUT2D eigenvalue weighted by Crippen LogP contribution is 2.35. The van der Waals surface area contributed by atoms with Gasteiger partial charge in [0, 0.05) is 25.1 Å². The number of hydrogen-bond acceptors (Lipinski definition) is 6. The molecule has 3 heterocycles. The van der Waals surface area contributed by atoms with Crippen LogP contribution in [0.15, 0.2) is 42.6 Å². The standard InChI is InChI=1S/C24H28N6O2S/c1-15(2)20-26-12-10-18(28-20)19-16(3)27-22(33-19)29-23(32)30-13-7-11-24(30,21(25)31)14-17-8-5-4-6-9-17/h4-6,8-10,12,15H,7,11,13-14H2,1-3H3,(H2,25,31)(H,27,29,32)/t24-/m1/s1. The highest BCUT2D eigenvalue weighted by atomic mass is 32.1. The Balaban J connectivity index is 1.57. The zero-order chi connectivity index (χ0) is 23.6. The Morgan fingerprint density at radius 3 is 2.67 bits per heavy atom. The van der Waals surface area contributed by atoms with Gasteiger partial charge in [-0.25, -0.2) is 19.7 Å². The van der Waals surface area contributed by atoms with Crippen molar-refractivity contribution in [3.05, 3.63) is 59.7 Å². The van der Waals surface area contributed by atoms with Crippen molar-refractivity contribution in [2.75, 3.05) is 11.9 Å². The van der Waals surface area contributed by atoms with Crippen molar-refractivity contribution < 1.29 is 9.59 Å². The minimum atomic E-state index is -1.06. The van der Waals surface area contributed by atoms with Crippen molar-refractivity contribution in [2.24, 2.45) is 5.73 Å². The molecule has 1 aliphatic rings. The van der Waals surface area contributed by atoms with Gasteiger partial charge in [0.15, 0.2) is 5.13 Å². The van der Waals surface area contributed by atoms with Gasteiger partial charge in [-0.2, -0.15) is 0 Å². The van der Waals surface area contributed by atoms with Gasteiger partial charge in [-0.05, 0) is 31.4 Å². The summed E-state index contributed by atoms with van der Waals surface area (Å²) in [6.45, 7) is 6.43. The van der Waals surface area contributed by atoms with Crippen molar-refractivity contribution in [2.45, 2.75) is 51.5 Å². The first-order valence-corrected chi connectivity index (χ1v) is 11.8. The van der Waals surface area contributed by atoms with E-state index in [1.165, 1.54) is 11.3 Å². The molecular formula is C24H28N6O2S. The van der Waals surface area contributed by atoms with Crippen molar-refractivity contribution in [3.8, 4) is 10.6 Å². The van der Waals surface area contributed by atoms with Crippen molar-refractivity contribution in [1.82, 2.24) is 19.9 Å². The molecule has 3 amide bonds. The number of aromatic nitrogens is 3. The first kappa shape index (κ1) is 22.8. The molecule has 0 aliphatic carbocycles. The second-order valence-corrected chi connectivity index (χ2v) is 9.63. The first-order valence-electron chi connectivity index (χ1n) is 11.0. The zero-order valence-electron chi connectivity index (χ0n) is 19.0. The largest absolute Gasteiger partial charge is 0.368 e. The molecule has 8 nitrogen and oxygen atoms in total. The van der Waals surface area contributed by atoms with Crippen molar-refractivity contribution >= 4 is 28.4 Å². The molecule has 1 saturated heterocycles. The molecule has 4 rings (SSSR count). The Bertz CT molecular complexity index is 1160. The van der Waals surface area contributed by atoms with Crippen LogP contribution in [0.1, 0.15) is 49.7 Å². The third-order valence-electron chi connectivity index (χ3n) is 5.97. The van der Waals surface area contributed by atoms with E-state index in [0.29, 0.717) is 30.9 Å². The average Bonchev–Trinajstić information content (AvgIpc) is 3.38. The minimum Gasteiger partial charge on any atom is -0.368 e. The molecule has 9 heteroatoms. The SMILES string of the molecule is Cc1nc(NC(=O)N2CCC[C@@]2(Cc2ccccc2)C(N)=O)sc1-c1ccnc(C(C)C)n1. The molecule has 0 spiro atoms. The number of carbonyl (C=O) groups is 2. The molecule has 1 aromatic carbocycles. The highest BCUT2D eigenvalue weighted by molar-refractivity contribution is 7.19. The predicted molar refractivity (Wildman–Crippen MR) is 129 cm³/mol. The Morgan fingerprint density at radius 2 is 1.97 bits per heavy atom. The fourth-order valence-corrected chi connectivity index (χ4v) is 5.19. The van der Waals surface area contributed by atoms with Gasteiger partial charge in [0.1, 0.15) is 11.4 Å². The van der Waals surface area contributed by atoms with E-state index in [2.05, 4.69) is 20.3 Å². The molecule has 0 radical (unpaired) electrons. The summed E-state index contributed by atoms with van der Waals surface area (Å²) in [5.41, 5.74) is 7.32. The number of urea groups is 1. The van der Waals surface area contributed by atoms with Gasteiger partial charge in [-0.15, -0.1) is 0 Å². The van der Waals surface area contributed by atoms with E-state index in [-0.39, 0.29) is 11.9 Å². The van der Waals surface area contributed by atoms with Crippen LogP contribution in [0.4, 0.5) is 9.93 Å². The summed E-state index contributed by atoms with van der Waals surface area (Å²) in [7, 11) is 0. The number of aryl methyl sites for hydroxylation is 1. The van der Waals surface area contributed by atoms with Gasteiger partial charge < -0.3 is 10.6 Å². The summed E-state index contributed by atoms with van der Waals surface area (Å²) >= 11 is 1.36. The van der Waals surface area contributed by atoms with Crippen LogP contribution in [0.25, 0.3) is 10.6 Å². The van der Waals surface area contributed by atoms with Gasteiger partial charge in [-0.1, -0.05) is 55.5 Å². The van der Waals surface area contributed by atoms with E-state index >= 15 is 0 Å². The van der Waals surface area contributed by atoms with E-state index in [0.717, 1.165) is 27.7 Å². The lowest BCUT2D eigenvalue weighted by atomic mass is 9.87. The lowest BCUT2D eigenvalue weighted by Gasteiger charge is -2.35. The molecule has 3 aromatic rings. The number of likely N-dealkylation sites (tertiary alicyclic amines) is 1.